The highest BCUT2D eigenvalue weighted by molar-refractivity contribution is 5.79. The summed E-state index contributed by atoms with van der Waals surface area (Å²) in [6.07, 6.45) is 3.99. The molecule has 3 unspecified atom stereocenters. The van der Waals surface area contributed by atoms with Crippen LogP contribution in [0.15, 0.2) is 24.3 Å². The number of hydrogen-bond acceptors (Lipinski definition) is 2. The first-order valence-electron chi connectivity index (χ1n) is 9.06. The zero-order valence-electron chi connectivity index (χ0n) is 14.9. The van der Waals surface area contributed by atoms with Crippen molar-refractivity contribution in [1.29, 1.82) is 0 Å². The second-order valence-corrected chi connectivity index (χ2v) is 7.50. The van der Waals surface area contributed by atoms with Crippen LogP contribution in [0.4, 0.5) is 0 Å². The van der Waals surface area contributed by atoms with Crippen molar-refractivity contribution < 1.29 is 9.90 Å². The van der Waals surface area contributed by atoms with Crippen LogP contribution in [0.2, 0.25) is 0 Å². The quantitative estimate of drug-likeness (QED) is 0.848. The minimum absolute atomic E-state index is 0.0673. The van der Waals surface area contributed by atoms with Crippen molar-refractivity contribution in [1.82, 2.24) is 4.90 Å². The molecule has 1 N–H and O–H groups in total. The molecule has 0 radical (unpaired) electrons. The first-order valence-corrected chi connectivity index (χ1v) is 9.06. The van der Waals surface area contributed by atoms with Gasteiger partial charge in [-0.1, -0.05) is 37.8 Å². The molecule has 2 aliphatic heterocycles. The van der Waals surface area contributed by atoms with Gasteiger partial charge in [-0.25, -0.2) is 0 Å². The van der Waals surface area contributed by atoms with Crippen LogP contribution in [-0.2, 0) is 4.79 Å². The van der Waals surface area contributed by atoms with E-state index in [9.17, 15) is 9.90 Å². The van der Waals surface area contributed by atoms with Gasteiger partial charge in [0.2, 0.25) is 5.91 Å². The summed E-state index contributed by atoms with van der Waals surface area (Å²) in [5.74, 6) is 6.57. The molecular weight excluding hydrogens is 298 g/mol. The van der Waals surface area contributed by atoms with Gasteiger partial charge in [-0.15, -0.1) is 0 Å². The van der Waals surface area contributed by atoms with Gasteiger partial charge in [-0.2, -0.15) is 0 Å². The number of carbonyl (C=O) groups excluding carboxylic acids is 1. The molecule has 0 spiro atoms. The maximum absolute atomic E-state index is 12.6. The smallest absolute Gasteiger partial charge is 0.225 e. The number of carbonyl (C=O) groups is 1. The summed E-state index contributed by atoms with van der Waals surface area (Å²) >= 11 is 0. The predicted octanol–water partition coefficient (Wildman–Crippen LogP) is 3.28. The van der Waals surface area contributed by atoms with E-state index in [1.807, 2.05) is 38.1 Å². The Morgan fingerprint density at radius 1 is 1.38 bits per heavy atom. The number of piperidine rings is 1. The molecule has 3 nitrogen and oxygen atoms in total. The Hall–Kier alpha value is -1.79. The van der Waals surface area contributed by atoms with E-state index in [1.54, 1.807) is 0 Å². The van der Waals surface area contributed by atoms with Gasteiger partial charge in [0.05, 0.1) is 0 Å². The molecule has 24 heavy (non-hydrogen) atoms. The zero-order valence-corrected chi connectivity index (χ0v) is 14.9. The van der Waals surface area contributed by atoms with E-state index in [-0.39, 0.29) is 23.9 Å². The van der Waals surface area contributed by atoms with E-state index >= 15 is 0 Å². The lowest BCUT2D eigenvalue weighted by molar-refractivity contribution is -0.143. The van der Waals surface area contributed by atoms with Crippen LogP contribution in [0.3, 0.4) is 0 Å². The second-order valence-electron chi connectivity index (χ2n) is 7.50. The van der Waals surface area contributed by atoms with Crippen LogP contribution in [-0.4, -0.2) is 33.6 Å². The van der Waals surface area contributed by atoms with E-state index < -0.39 is 5.60 Å². The number of fused-ring (bicyclic) bond motifs is 2. The van der Waals surface area contributed by atoms with Gasteiger partial charge in [0, 0.05) is 36.4 Å². The van der Waals surface area contributed by atoms with Crippen LogP contribution >= 0.6 is 0 Å². The molecule has 2 heterocycles. The molecule has 2 bridgehead atoms. The minimum Gasteiger partial charge on any atom is -0.377 e. The Balaban J connectivity index is 1.76. The summed E-state index contributed by atoms with van der Waals surface area (Å²) in [6, 6.07) is 8.32. The molecule has 2 saturated heterocycles. The predicted molar refractivity (Wildman–Crippen MR) is 95.4 cm³/mol. The van der Waals surface area contributed by atoms with Crippen LogP contribution < -0.4 is 0 Å². The number of amides is 1. The highest BCUT2D eigenvalue weighted by Gasteiger charge is 2.49. The molecule has 3 rings (SSSR count). The summed E-state index contributed by atoms with van der Waals surface area (Å²) in [5.41, 5.74) is 1.14. The number of aryl methyl sites for hydroxylation is 1. The highest BCUT2D eigenvalue weighted by Crippen LogP contribution is 2.41. The number of rotatable bonds is 2. The largest absolute Gasteiger partial charge is 0.377 e. The third-order valence-corrected chi connectivity index (χ3v) is 5.51. The average molecular weight is 325 g/mol. The highest BCUT2D eigenvalue weighted by atomic mass is 16.3. The Labute approximate surface area is 145 Å². The van der Waals surface area contributed by atoms with Gasteiger partial charge in [0.15, 0.2) is 0 Å². The van der Waals surface area contributed by atoms with Crippen LogP contribution in [0, 0.1) is 24.7 Å². The van der Waals surface area contributed by atoms with Crippen LogP contribution in [0.5, 0.6) is 0 Å². The Kier molecular flexibility index (Phi) is 4.69. The molecule has 2 fully saturated rings. The topological polar surface area (TPSA) is 40.5 Å². The monoisotopic (exact) mass is 325 g/mol. The standard InChI is InChI=1S/C21H27NO2/c1-4-16(3)20(23)22-18-8-9-19(22)14-21(24,13-18)11-10-17-7-5-6-15(2)12-17/h5-7,12,16,18-19,24H,4,8-9,13-14H2,1-3H3. The molecule has 2 aliphatic rings. The van der Waals surface area contributed by atoms with Crippen molar-refractivity contribution in [3.8, 4) is 11.8 Å². The molecule has 3 heteroatoms. The maximum atomic E-state index is 12.6. The SMILES string of the molecule is CCC(C)C(=O)N1C2CCC1CC(O)(C#Cc1cccc(C)c1)C2. The van der Waals surface area contributed by atoms with Gasteiger partial charge in [0.1, 0.15) is 5.60 Å². The van der Waals surface area contributed by atoms with E-state index in [0.717, 1.165) is 24.8 Å². The van der Waals surface area contributed by atoms with E-state index in [4.69, 9.17) is 0 Å². The third-order valence-electron chi connectivity index (χ3n) is 5.51. The summed E-state index contributed by atoms with van der Waals surface area (Å²) in [4.78, 5) is 14.7. The summed E-state index contributed by atoms with van der Waals surface area (Å²) < 4.78 is 0. The molecule has 1 aromatic carbocycles. The van der Waals surface area contributed by atoms with Crippen molar-refractivity contribution in [3.05, 3.63) is 35.4 Å². The molecule has 0 aliphatic carbocycles. The molecular formula is C21H27NO2. The lowest BCUT2D eigenvalue weighted by atomic mass is 9.85. The first kappa shape index (κ1) is 17.0. The van der Waals surface area contributed by atoms with Crippen LogP contribution in [0.1, 0.15) is 57.1 Å². The number of benzene rings is 1. The average Bonchev–Trinajstić information content (AvgIpc) is 2.84. The number of nitrogens with zero attached hydrogens (tertiary/aromatic N) is 1. The fourth-order valence-electron chi connectivity index (χ4n) is 4.03. The van der Waals surface area contributed by atoms with E-state index in [1.165, 1.54) is 5.56 Å². The van der Waals surface area contributed by atoms with Crippen molar-refractivity contribution in [2.75, 3.05) is 0 Å². The third kappa shape index (κ3) is 3.35. The van der Waals surface area contributed by atoms with Crippen molar-refractivity contribution in [2.24, 2.45) is 5.92 Å². The fourth-order valence-corrected chi connectivity index (χ4v) is 4.03. The van der Waals surface area contributed by atoms with Crippen LogP contribution in [0.25, 0.3) is 0 Å². The summed E-state index contributed by atoms with van der Waals surface area (Å²) in [5, 5.41) is 11.0. The van der Waals surface area contributed by atoms with Gasteiger partial charge < -0.3 is 10.0 Å². The molecule has 128 valence electrons. The van der Waals surface area contributed by atoms with Gasteiger partial charge >= 0.3 is 0 Å². The zero-order chi connectivity index (χ0) is 17.3. The molecule has 0 aromatic heterocycles. The Bertz CT molecular complexity index is 671. The van der Waals surface area contributed by atoms with Crippen molar-refractivity contribution >= 4 is 5.91 Å². The molecule has 1 aromatic rings. The maximum Gasteiger partial charge on any atom is 0.225 e. The lowest BCUT2D eigenvalue weighted by Gasteiger charge is -2.42. The second kappa shape index (κ2) is 6.61. The first-order chi connectivity index (χ1) is 11.4. The number of aliphatic hydroxyl groups is 1. The van der Waals surface area contributed by atoms with Gasteiger partial charge in [-0.05, 0) is 43.9 Å². The summed E-state index contributed by atoms with van der Waals surface area (Å²) in [6.45, 7) is 6.09. The number of hydrogen-bond donors (Lipinski definition) is 1. The molecule has 1 amide bonds. The van der Waals surface area contributed by atoms with Gasteiger partial charge in [-0.3, -0.25) is 4.79 Å². The van der Waals surface area contributed by atoms with E-state index in [2.05, 4.69) is 23.7 Å². The van der Waals surface area contributed by atoms with Crippen molar-refractivity contribution in [3.63, 3.8) is 0 Å². The Morgan fingerprint density at radius 2 is 2.04 bits per heavy atom. The normalized spacial score (nSPS) is 29.8. The van der Waals surface area contributed by atoms with Gasteiger partial charge in [0.25, 0.3) is 0 Å². The van der Waals surface area contributed by atoms with Crippen molar-refractivity contribution in [2.45, 2.75) is 70.6 Å². The molecule has 0 saturated carbocycles. The Morgan fingerprint density at radius 3 is 2.62 bits per heavy atom. The molecule has 3 atom stereocenters. The lowest BCUT2D eigenvalue weighted by Crippen LogP contribution is -2.54. The summed E-state index contributed by atoms with van der Waals surface area (Å²) in [7, 11) is 0. The van der Waals surface area contributed by atoms with E-state index in [0.29, 0.717) is 12.8 Å². The fraction of sp³-hybridized carbons (Fsp3) is 0.571. The minimum atomic E-state index is -0.970.